The molecule has 546 valence electrons. The van der Waals surface area contributed by atoms with Crippen LogP contribution in [0.1, 0.15) is 348 Å². The Bertz CT molecular complexity index is 1980. The van der Waals surface area contributed by atoms with Gasteiger partial charge in [0.05, 0.1) is 40.3 Å². The zero-order chi connectivity index (χ0) is 69.0. The van der Waals surface area contributed by atoms with Crippen molar-refractivity contribution in [3.05, 3.63) is 122 Å². The number of hydrogen-bond donors (Lipinski definition) is 0. The van der Waals surface area contributed by atoms with Gasteiger partial charge < -0.3 is 33.3 Å². The molecule has 95 heavy (non-hydrogen) atoms. The molecule has 0 rings (SSSR count). The van der Waals surface area contributed by atoms with Gasteiger partial charge in [-0.1, -0.05) is 347 Å². The number of rotatable bonds is 73. The van der Waals surface area contributed by atoms with E-state index in [1.807, 2.05) is 21.1 Å². The van der Waals surface area contributed by atoms with E-state index in [2.05, 4.69) is 135 Å². The number of allylic oxidation sites excluding steroid dienone is 20. The van der Waals surface area contributed by atoms with Crippen LogP contribution in [0.3, 0.4) is 0 Å². The van der Waals surface area contributed by atoms with Crippen LogP contribution in [0.4, 0.5) is 0 Å². The minimum atomic E-state index is -1.63. The Labute approximate surface area is 587 Å². The molecule has 9 nitrogen and oxygen atoms in total. The number of carbonyl (C=O) groups excluding carboxylic acids is 3. The fraction of sp³-hybridized carbons (Fsp3) is 0.733. The molecule has 0 aliphatic carbocycles. The molecule has 0 spiro atoms. The van der Waals surface area contributed by atoms with Gasteiger partial charge in [-0.15, -0.1) is 0 Å². The first-order chi connectivity index (χ1) is 46.6. The second-order valence-corrected chi connectivity index (χ2v) is 27.6. The van der Waals surface area contributed by atoms with Gasteiger partial charge in [0.1, 0.15) is 13.2 Å². The van der Waals surface area contributed by atoms with Gasteiger partial charge >= 0.3 is 11.9 Å². The van der Waals surface area contributed by atoms with E-state index >= 15 is 0 Å². The monoisotopic (exact) mass is 1320 g/mol. The molecule has 0 aromatic rings. The first-order valence-electron chi connectivity index (χ1n) is 39.7. The fourth-order valence-electron chi connectivity index (χ4n) is 11.2. The van der Waals surface area contributed by atoms with E-state index in [0.717, 1.165) is 103 Å². The molecule has 0 fully saturated rings. The molecule has 0 aliphatic rings. The van der Waals surface area contributed by atoms with E-state index in [9.17, 15) is 19.5 Å². The second kappa shape index (κ2) is 75.5. The fourth-order valence-corrected chi connectivity index (χ4v) is 11.2. The summed E-state index contributed by atoms with van der Waals surface area (Å²) in [7, 11) is 5.93. The number of carboxylic acids is 1. The van der Waals surface area contributed by atoms with Gasteiger partial charge in [0.2, 0.25) is 0 Å². The van der Waals surface area contributed by atoms with Gasteiger partial charge in [-0.2, -0.15) is 0 Å². The maximum absolute atomic E-state index is 13.0. The van der Waals surface area contributed by atoms with Crippen LogP contribution in [-0.2, 0) is 33.3 Å². The van der Waals surface area contributed by atoms with Crippen LogP contribution in [0.15, 0.2) is 122 Å². The van der Waals surface area contributed by atoms with Gasteiger partial charge in [-0.05, 0) is 109 Å². The third-order valence-electron chi connectivity index (χ3n) is 17.2. The van der Waals surface area contributed by atoms with Crippen LogP contribution >= 0.6 is 0 Å². The summed E-state index contributed by atoms with van der Waals surface area (Å²) in [6.45, 7) is 4.66. The molecule has 0 aromatic carbocycles. The lowest BCUT2D eigenvalue weighted by atomic mass is 10.0. The maximum atomic E-state index is 13.0. The van der Waals surface area contributed by atoms with Crippen molar-refractivity contribution in [2.75, 3.05) is 47.5 Å². The lowest BCUT2D eigenvalue weighted by molar-refractivity contribution is -0.870. The third-order valence-corrected chi connectivity index (χ3v) is 17.2. The van der Waals surface area contributed by atoms with Crippen molar-refractivity contribution in [2.24, 2.45) is 0 Å². The summed E-state index contributed by atoms with van der Waals surface area (Å²) in [6, 6.07) is 0. The molecule has 0 N–H and O–H groups in total. The Morgan fingerprint density at radius 2 is 0.600 bits per heavy atom. The van der Waals surface area contributed by atoms with Crippen LogP contribution in [0.5, 0.6) is 0 Å². The second-order valence-electron chi connectivity index (χ2n) is 27.6. The van der Waals surface area contributed by atoms with Crippen molar-refractivity contribution in [3.8, 4) is 0 Å². The molecule has 2 unspecified atom stereocenters. The number of esters is 2. The SMILES string of the molecule is CC/C=C\C/C=C\C/C=C\C/C=C\C/C=C\C/C=C\C/C=C\C/C=C\C/C=C\CCCCCCCCCCCC(=O)OC(COC(=O)CCCCCCCCCCCCCCCCCCCCCCC/C=C\CCCCCCCCCC)COC(OCC[N+](C)(C)C)C(=O)[O-]. The highest BCUT2D eigenvalue weighted by atomic mass is 16.7. The normalized spacial score (nSPS) is 13.3. The highest BCUT2D eigenvalue weighted by molar-refractivity contribution is 5.70. The highest BCUT2D eigenvalue weighted by Crippen LogP contribution is 2.18. The summed E-state index contributed by atoms with van der Waals surface area (Å²) in [6.07, 6.45) is 105. The molecule has 0 bridgehead atoms. The van der Waals surface area contributed by atoms with Crippen LogP contribution in [-0.4, -0.2) is 82.3 Å². The Morgan fingerprint density at radius 1 is 0.326 bits per heavy atom. The Kier molecular flexibility index (Phi) is 72.0. The number of ether oxygens (including phenoxy) is 4. The van der Waals surface area contributed by atoms with Crippen molar-refractivity contribution in [3.63, 3.8) is 0 Å². The largest absolute Gasteiger partial charge is 0.545 e. The predicted molar refractivity (Wildman–Crippen MR) is 407 cm³/mol. The van der Waals surface area contributed by atoms with Gasteiger partial charge in [0.25, 0.3) is 0 Å². The average molecular weight is 1330 g/mol. The molecule has 0 amide bonds. The smallest absolute Gasteiger partial charge is 0.306 e. The molecule has 0 saturated carbocycles. The standard InChI is InChI=1S/C86H149NO8/c1-6-8-10-12-14-16-18-20-22-24-26-28-30-32-34-36-38-40-41-42-43-45-47-49-51-53-55-57-59-61-63-65-67-69-71-73-75-77-84(89)95-82(81-94-86(85(90)91)92-79-78-87(3,4)5)80-93-83(88)76-74-72-70-68-66-64-62-60-58-56-54-52-50-48-46-44-39-37-35-33-31-29-27-25-23-21-19-17-15-13-11-9-7-2/h8,10,14,16,20,22,25-28,32,34,38,40,42-43,47,49,53,55,82,86H,6-7,9,11-13,15,17-19,21,23-24,29-31,33,35-37,39,41,44-46,48,50-52,54,56-81H2,1-5H3/b10-8-,16-14-,22-20-,27-25-,28-26-,34-32-,40-38-,43-42-,49-47-,55-53-. The van der Waals surface area contributed by atoms with Crippen LogP contribution in [0.2, 0.25) is 0 Å². The third kappa shape index (κ3) is 76.9. The quantitative estimate of drug-likeness (QED) is 0.0195. The van der Waals surface area contributed by atoms with E-state index in [4.69, 9.17) is 18.9 Å². The Hall–Kier alpha value is -4.31. The topological polar surface area (TPSA) is 111 Å². The lowest BCUT2D eigenvalue weighted by Gasteiger charge is -2.26. The summed E-state index contributed by atoms with van der Waals surface area (Å²) in [5, 5.41) is 11.9. The number of likely N-dealkylation sites (N-methyl/N-ethyl adjacent to an activating group) is 1. The summed E-state index contributed by atoms with van der Waals surface area (Å²) in [4.78, 5) is 37.6. The lowest BCUT2D eigenvalue weighted by Crippen LogP contribution is -2.44. The van der Waals surface area contributed by atoms with Crippen molar-refractivity contribution in [1.82, 2.24) is 0 Å². The number of unbranched alkanes of at least 4 members (excludes halogenated alkanes) is 38. The minimum absolute atomic E-state index is 0.143. The average Bonchev–Trinajstić information content (AvgIpc) is 3.75. The van der Waals surface area contributed by atoms with E-state index in [1.165, 1.54) is 212 Å². The molecule has 0 aliphatic heterocycles. The van der Waals surface area contributed by atoms with E-state index in [0.29, 0.717) is 17.4 Å². The number of hydrogen-bond acceptors (Lipinski definition) is 8. The zero-order valence-corrected chi connectivity index (χ0v) is 62.5. The molecular weight excluding hydrogens is 1170 g/mol. The molecule has 0 radical (unpaired) electrons. The number of carboxylic acid groups (broad SMARTS) is 1. The Morgan fingerprint density at radius 3 is 0.905 bits per heavy atom. The number of carbonyl (C=O) groups is 3. The van der Waals surface area contributed by atoms with Crippen molar-refractivity contribution < 1.29 is 42.9 Å². The molecule has 0 saturated heterocycles. The molecule has 0 heterocycles. The molecule has 0 aromatic heterocycles. The first-order valence-corrected chi connectivity index (χ1v) is 39.7. The van der Waals surface area contributed by atoms with Gasteiger partial charge in [-0.3, -0.25) is 9.59 Å². The van der Waals surface area contributed by atoms with Crippen LogP contribution < -0.4 is 5.11 Å². The summed E-state index contributed by atoms with van der Waals surface area (Å²) >= 11 is 0. The van der Waals surface area contributed by atoms with Crippen molar-refractivity contribution >= 4 is 17.9 Å². The van der Waals surface area contributed by atoms with Gasteiger partial charge in [0.15, 0.2) is 12.4 Å². The minimum Gasteiger partial charge on any atom is -0.545 e. The van der Waals surface area contributed by atoms with E-state index in [-0.39, 0.29) is 38.6 Å². The summed E-state index contributed by atoms with van der Waals surface area (Å²) in [5.74, 6) is -2.28. The van der Waals surface area contributed by atoms with E-state index < -0.39 is 24.3 Å². The number of quaternary nitrogens is 1. The van der Waals surface area contributed by atoms with Crippen LogP contribution in [0, 0.1) is 0 Å². The Balaban J connectivity index is 4.08. The van der Waals surface area contributed by atoms with Crippen molar-refractivity contribution in [1.29, 1.82) is 0 Å². The number of nitrogens with zero attached hydrogens (tertiary/aromatic N) is 1. The van der Waals surface area contributed by atoms with Gasteiger partial charge in [-0.25, -0.2) is 0 Å². The van der Waals surface area contributed by atoms with E-state index in [1.54, 1.807) is 0 Å². The predicted octanol–water partition coefficient (Wildman–Crippen LogP) is 24.1. The van der Waals surface area contributed by atoms with Crippen LogP contribution in [0.25, 0.3) is 0 Å². The summed E-state index contributed by atoms with van der Waals surface area (Å²) < 4.78 is 22.9. The zero-order valence-electron chi connectivity index (χ0n) is 62.5. The highest BCUT2D eigenvalue weighted by Gasteiger charge is 2.22. The van der Waals surface area contributed by atoms with Crippen molar-refractivity contribution in [2.45, 2.75) is 360 Å². The maximum Gasteiger partial charge on any atom is 0.306 e. The molecular formula is C86H149NO8. The first kappa shape index (κ1) is 90.7. The number of aliphatic carboxylic acids is 1. The van der Waals surface area contributed by atoms with Gasteiger partial charge in [0, 0.05) is 12.8 Å². The molecule has 2 atom stereocenters. The summed E-state index contributed by atoms with van der Waals surface area (Å²) in [5.41, 5.74) is 0. The molecule has 9 heteroatoms.